The molecule has 0 bridgehead atoms. The lowest BCUT2D eigenvalue weighted by Crippen LogP contribution is -2.76. The average molecular weight is 695 g/mol. The Kier molecular flexibility index (Phi) is 8.02. The Balaban J connectivity index is 1.42. The maximum absolute atomic E-state index is 14.6. The molecule has 4 saturated heterocycles. The number of ether oxygens (including phenoxy) is 1. The molecule has 4 fully saturated rings. The number of fused-ring (bicyclic) bond motifs is 6. The fraction of sp³-hybridized carbons (Fsp3) is 0.552. The smallest absolute Gasteiger partial charge is 0.303 e. The van der Waals surface area contributed by atoms with Gasteiger partial charge in [0.2, 0.25) is 10.6 Å². The second kappa shape index (κ2) is 11.1. The molecule has 46 heavy (non-hydrogen) atoms. The van der Waals surface area contributed by atoms with Gasteiger partial charge in [-0.3, -0.25) is 28.9 Å². The zero-order valence-electron chi connectivity index (χ0n) is 25.4. The lowest BCUT2D eigenvalue weighted by Gasteiger charge is -2.55. The van der Waals surface area contributed by atoms with Gasteiger partial charge in [-0.05, 0) is 34.3 Å². The van der Waals surface area contributed by atoms with Gasteiger partial charge in [0, 0.05) is 33.9 Å². The third-order valence-corrected chi connectivity index (χ3v) is 14.6. The van der Waals surface area contributed by atoms with Gasteiger partial charge in [-0.15, -0.1) is 11.8 Å². The molecule has 2 aliphatic carbocycles. The lowest BCUT2D eigenvalue weighted by atomic mass is 9.96. The summed E-state index contributed by atoms with van der Waals surface area (Å²) in [5.74, 6) is -3.61. The van der Waals surface area contributed by atoms with E-state index in [0.29, 0.717) is 21.9 Å². The van der Waals surface area contributed by atoms with Gasteiger partial charge in [0.05, 0.1) is 31.4 Å². The SMILES string of the molecule is CS[C@@]1(CO)C(=O)N2[C@H]3C(=CC=C[C@@H]3O)C[C@@]2(SS[C@@]2(CO)C(=O)N3[C@H]4C(=CC=C[C@@H]4OC(C)=O)C[C@@]3(O)C(=O)N2C)C(=O)N1C. The van der Waals surface area contributed by atoms with Crippen LogP contribution in [0, 0.1) is 0 Å². The third-order valence-electron chi connectivity index (χ3n) is 9.72. The second-order valence-electron chi connectivity index (χ2n) is 12.0. The van der Waals surface area contributed by atoms with Crippen LogP contribution in [0.3, 0.4) is 0 Å². The maximum atomic E-state index is 14.6. The summed E-state index contributed by atoms with van der Waals surface area (Å²) in [7, 11) is 4.16. The summed E-state index contributed by atoms with van der Waals surface area (Å²) in [6.45, 7) is -0.438. The number of carbonyl (C=O) groups excluding carboxylic acids is 5. The van der Waals surface area contributed by atoms with Gasteiger partial charge in [0.15, 0.2) is 9.74 Å². The fourth-order valence-electron chi connectivity index (χ4n) is 7.32. The standard InChI is InChI=1S/C29H34N4O10S3/c1-15(36)43-19-10-6-8-16-11-26(42)22(38)30(2)29(14-35,25(41)32(26)21(16)19)46-45-27-12-17-7-5-9-18(37)20(17)33(27)24(40)28(13-34,44-4)31(3)23(27)39/h5-10,18-21,34-35,37,42H,11-14H2,1-4H3/t18-,19-,20-,21-,26+,27+,28-,29-/m0/s1. The van der Waals surface area contributed by atoms with Crippen LogP contribution in [0.4, 0.5) is 0 Å². The quantitative estimate of drug-likeness (QED) is 0.186. The molecular weight excluding hydrogens is 661 g/mol. The number of carbonyl (C=O) groups is 5. The monoisotopic (exact) mass is 694 g/mol. The summed E-state index contributed by atoms with van der Waals surface area (Å²) in [6, 6.07) is -1.98. The van der Waals surface area contributed by atoms with E-state index in [4.69, 9.17) is 4.74 Å². The van der Waals surface area contributed by atoms with Gasteiger partial charge in [-0.1, -0.05) is 41.2 Å². The fourth-order valence-corrected chi connectivity index (χ4v) is 11.6. The Morgan fingerprint density at radius 2 is 1.46 bits per heavy atom. The Bertz CT molecular complexity index is 1550. The van der Waals surface area contributed by atoms with E-state index in [0.717, 1.165) is 32.4 Å². The van der Waals surface area contributed by atoms with Crippen molar-refractivity contribution in [1.29, 1.82) is 0 Å². The van der Waals surface area contributed by atoms with Gasteiger partial charge in [-0.2, -0.15) is 0 Å². The van der Waals surface area contributed by atoms with E-state index in [-0.39, 0.29) is 12.8 Å². The summed E-state index contributed by atoms with van der Waals surface area (Å²) in [5.41, 5.74) is -1.28. The molecule has 0 aromatic rings. The summed E-state index contributed by atoms with van der Waals surface area (Å²) in [6.07, 6.45) is 8.70. The number of hydrogen-bond donors (Lipinski definition) is 4. The lowest BCUT2D eigenvalue weighted by molar-refractivity contribution is -0.201. The number of hydrogen-bond acceptors (Lipinski definition) is 13. The molecule has 4 amide bonds. The summed E-state index contributed by atoms with van der Waals surface area (Å²) < 4.78 is 5.44. The number of esters is 1. The first-order valence-electron chi connectivity index (χ1n) is 14.4. The molecule has 17 heteroatoms. The van der Waals surface area contributed by atoms with Gasteiger partial charge >= 0.3 is 5.97 Å². The molecule has 4 heterocycles. The molecule has 0 spiro atoms. The van der Waals surface area contributed by atoms with Crippen molar-refractivity contribution in [3.63, 3.8) is 0 Å². The molecule has 8 atom stereocenters. The number of piperazine rings is 2. The van der Waals surface area contributed by atoms with Crippen LogP contribution in [-0.4, -0.2) is 148 Å². The number of nitrogens with zero attached hydrogens (tertiary/aromatic N) is 4. The zero-order chi connectivity index (χ0) is 33.6. The molecule has 0 unspecified atom stereocenters. The van der Waals surface area contributed by atoms with Crippen LogP contribution in [0.2, 0.25) is 0 Å². The molecule has 0 aromatic heterocycles. The summed E-state index contributed by atoms with van der Waals surface area (Å²) >= 11 is 0.978. The minimum Gasteiger partial charge on any atom is -0.456 e. The van der Waals surface area contributed by atoms with E-state index in [2.05, 4.69) is 0 Å². The minimum absolute atomic E-state index is 0.0443. The normalized spacial score (nSPS) is 39.7. The Hall–Kier alpha value is -2.80. The number of aliphatic hydroxyl groups is 4. The van der Waals surface area contributed by atoms with E-state index in [9.17, 15) is 44.4 Å². The second-order valence-corrected chi connectivity index (χ2v) is 15.8. The first-order chi connectivity index (χ1) is 21.7. The third kappa shape index (κ3) is 4.12. The number of allylic oxidation sites excluding steroid dienone is 4. The van der Waals surface area contributed by atoms with Crippen molar-refractivity contribution in [2.24, 2.45) is 0 Å². The van der Waals surface area contributed by atoms with Crippen molar-refractivity contribution in [3.05, 3.63) is 47.6 Å². The highest BCUT2D eigenvalue weighted by Gasteiger charge is 2.72. The predicted molar refractivity (Wildman–Crippen MR) is 168 cm³/mol. The van der Waals surface area contributed by atoms with Gasteiger partial charge in [-0.25, -0.2) is 0 Å². The van der Waals surface area contributed by atoms with E-state index in [1.165, 1.54) is 43.0 Å². The topological polar surface area (TPSA) is 188 Å². The predicted octanol–water partition coefficient (Wildman–Crippen LogP) is -1.08. The number of likely N-dealkylation sites (N-methyl/N-ethyl adjacent to an activating group) is 2. The number of amides is 4. The Labute approximate surface area is 276 Å². The summed E-state index contributed by atoms with van der Waals surface area (Å²) in [5, 5.41) is 44.0. The van der Waals surface area contributed by atoms with Crippen molar-refractivity contribution in [3.8, 4) is 0 Å². The highest BCUT2D eigenvalue weighted by Crippen LogP contribution is 2.60. The van der Waals surface area contributed by atoms with Crippen molar-refractivity contribution in [1.82, 2.24) is 19.6 Å². The van der Waals surface area contributed by atoms with Crippen LogP contribution >= 0.6 is 33.3 Å². The van der Waals surface area contributed by atoms with Crippen LogP contribution in [-0.2, 0) is 28.7 Å². The van der Waals surface area contributed by atoms with Gasteiger partial charge in [0.1, 0.15) is 6.10 Å². The van der Waals surface area contributed by atoms with E-state index in [1.807, 2.05) is 0 Å². The number of rotatable bonds is 7. The molecule has 4 aliphatic heterocycles. The van der Waals surface area contributed by atoms with E-state index >= 15 is 0 Å². The largest absolute Gasteiger partial charge is 0.456 e. The van der Waals surface area contributed by atoms with E-state index < -0.39 is 87.4 Å². The zero-order valence-corrected chi connectivity index (χ0v) is 27.8. The molecule has 6 rings (SSSR count). The molecule has 14 nitrogen and oxygen atoms in total. The molecular formula is C29H34N4O10S3. The number of aliphatic hydroxyl groups excluding tert-OH is 3. The molecule has 0 aromatic carbocycles. The van der Waals surface area contributed by atoms with Crippen LogP contribution in [0.5, 0.6) is 0 Å². The molecule has 0 radical (unpaired) electrons. The van der Waals surface area contributed by atoms with Crippen LogP contribution in [0.1, 0.15) is 19.8 Å². The molecule has 4 N–H and O–H groups in total. The van der Waals surface area contributed by atoms with Crippen molar-refractivity contribution < 1.29 is 49.1 Å². The van der Waals surface area contributed by atoms with Crippen LogP contribution in [0.15, 0.2) is 47.6 Å². The average Bonchev–Trinajstić information content (AvgIpc) is 3.54. The molecule has 248 valence electrons. The number of thioether (sulfide) groups is 1. The Morgan fingerprint density at radius 3 is 2.07 bits per heavy atom. The van der Waals surface area contributed by atoms with Crippen LogP contribution in [0.25, 0.3) is 0 Å². The maximum Gasteiger partial charge on any atom is 0.303 e. The van der Waals surface area contributed by atoms with E-state index in [1.54, 1.807) is 30.6 Å². The van der Waals surface area contributed by atoms with Crippen molar-refractivity contribution in [2.45, 2.75) is 64.4 Å². The summed E-state index contributed by atoms with van der Waals surface area (Å²) in [4.78, 5) is 68.0. The molecule has 6 aliphatic rings. The van der Waals surface area contributed by atoms with Crippen molar-refractivity contribution in [2.75, 3.05) is 33.6 Å². The minimum atomic E-state index is -2.33. The highest BCUT2D eigenvalue weighted by atomic mass is 33.1. The Morgan fingerprint density at radius 1 is 0.870 bits per heavy atom. The van der Waals surface area contributed by atoms with Gasteiger partial charge < -0.3 is 39.9 Å². The first-order valence-corrected chi connectivity index (χ1v) is 17.8. The van der Waals surface area contributed by atoms with Crippen molar-refractivity contribution >= 4 is 62.9 Å². The van der Waals surface area contributed by atoms with Crippen LogP contribution < -0.4 is 0 Å². The highest BCUT2D eigenvalue weighted by molar-refractivity contribution is 8.78. The molecule has 0 saturated carbocycles. The first kappa shape index (κ1) is 33.1. The van der Waals surface area contributed by atoms with Gasteiger partial charge in [0.25, 0.3) is 23.6 Å².